The number of piperidine rings is 1. The average molecular weight is 447 g/mol. The molecule has 2 aromatic carbocycles. The van der Waals surface area contributed by atoms with E-state index < -0.39 is 0 Å². The summed E-state index contributed by atoms with van der Waals surface area (Å²) in [6.07, 6.45) is 6.28. The molecular weight excluding hydrogens is 408 g/mol. The van der Waals surface area contributed by atoms with Crippen molar-refractivity contribution in [3.63, 3.8) is 0 Å². The van der Waals surface area contributed by atoms with Crippen LogP contribution in [0.15, 0.2) is 48.5 Å². The van der Waals surface area contributed by atoms with Crippen LogP contribution < -0.4 is 5.32 Å². The summed E-state index contributed by atoms with van der Waals surface area (Å²) in [5.74, 6) is 0.362. The van der Waals surface area contributed by atoms with Gasteiger partial charge >= 0.3 is 0 Å². The summed E-state index contributed by atoms with van der Waals surface area (Å²) in [4.78, 5) is 29.3. The molecule has 2 aliphatic rings. The van der Waals surface area contributed by atoms with Gasteiger partial charge in [0.1, 0.15) is 0 Å². The van der Waals surface area contributed by atoms with Crippen LogP contribution in [0.25, 0.3) is 0 Å². The van der Waals surface area contributed by atoms with Gasteiger partial charge in [-0.1, -0.05) is 63.9 Å². The molecular formula is C29H38N2O2. The molecule has 2 atom stereocenters. The van der Waals surface area contributed by atoms with Gasteiger partial charge in [0.2, 0.25) is 5.91 Å². The minimum atomic E-state index is -0.173. The standard InChI is InChI=1S/C29H38N2O2/c1-20-11-5-8-16-24(20)28(33)31-18-10-17-25(26(31)21-12-6-7-13-21)27(32)30-23-15-9-14-22(19-23)29(2,3)4/h5,8-9,11,14-16,19,21,25-26H,6-7,10,12-13,17-18H2,1-4H3,(H,30,32)/t25-,26-/m0/s1. The highest BCUT2D eigenvalue weighted by atomic mass is 16.2. The van der Waals surface area contributed by atoms with Crippen molar-refractivity contribution in [3.8, 4) is 0 Å². The predicted octanol–water partition coefficient (Wildman–Crippen LogP) is 6.34. The monoisotopic (exact) mass is 446 g/mol. The Morgan fingerprint density at radius 1 is 0.939 bits per heavy atom. The van der Waals surface area contributed by atoms with Crippen LogP contribution in [0.1, 0.15) is 80.8 Å². The second-order valence-corrected chi connectivity index (χ2v) is 10.9. The molecule has 33 heavy (non-hydrogen) atoms. The van der Waals surface area contributed by atoms with Crippen LogP contribution in [0.4, 0.5) is 5.69 Å². The van der Waals surface area contributed by atoms with Crippen molar-refractivity contribution in [2.24, 2.45) is 11.8 Å². The van der Waals surface area contributed by atoms with Crippen molar-refractivity contribution in [2.45, 2.75) is 77.7 Å². The van der Waals surface area contributed by atoms with Crippen LogP contribution >= 0.6 is 0 Å². The first-order valence-electron chi connectivity index (χ1n) is 12.5. The number of aryl methyl sites for hydroxylation is 1. The van der Waals surface area contributed by atoms with Gasteiger partial charge in [-0.3, -0.25) is 9.59 Å². The van der Waals surface area contributed by atoms with Crippen molar-refractivity contribution >= 4 is 17.5 Å². The number of nitrogens with zero attached hydrogens (tertiary/aromatic N) is 1. The normalized spacial score (nSPS) is 21.8. The Kier molecular flexibility index (Phi) is 6.92. The molecule has 0 bridgehead atoms. The Bertz CT molecular complexity index is 1000. The second-order valence-electron chi connectivity index (χ2n) is 10.9. The number of hydrogen-bond donors (Lipinski definition) is 1. The van der Waals surface area contributed by atoms with Gasteiger partial charge in [-0.15, -0.1) is 0 Å². The summed E-state index contributed by atoms with van der Waals surface area (Å²) in [6, 6.07) is 16.0. The molecule has 1 heterocycles. The Labute approximate surface area is 198 Å². The summed E-state index contributed by atoms with van der Waals surface area (Å²) in [5.41, 5.74) is 3.83. The van der Waals surface area contributed by atoms with Gasteiger partial charge in [0.05, 0.1) is 5.92 Å². The minimum Gasteiger partial charge on any atom is -0.335 e. The Hall–Kier alpha value is -2.62. The largest absolute Gasteiger partial charge is 0.335 e. The van der Waals surface area contributed by atoms with E-state index in [4.69, 9.17) is 0 Å². The van der Waals surface area contributed by atoms with Gasteiger partial charge in [-0.2, -0.15) is 0 Å². The van der Waals surface area contributed by atoms with Crippen molar-refractivity contribution < 1.29 is 9.59 Å². The van der Waals surface area contributed by atoms with E-state index in [1.54, 1.807) is 0 Å². The van der Waals surface area contributed by atoms with Crippen LogP contribution in [-0.4, -0.2) is 29.3 Å². The molecule has 2 aromatic rings. The maximum atomic E-state index is 13.7. The molecule has 1 aliphatic carbocycles. The smallest absolute Gasteiger partial charge is 0.254 e. The van der Waals surface area contributed by atoms with Gasteiger partial charge in [-0.25, -0.2) is 0 Å². The molecule has 176 valence electrons. The molecule has 0 spiro atoms. The molecule has 2 amide bonds. The SMILES string of the molecule is Cc1ccccc1C(=O)N1CCC[C@H](C(=O)Nc2cccc(C(C)(C)C)c2)[C@@H]1C1CCCC1. The van der Waals surface area contributed by atoms with E-state index in [0.29, 0.717) is 5.92 Å². The summed E-state index contributed by atoms with van der Waals surface area (Å²) >= 11 is 0. The number of amides is 2. The van der Waals surface area contributed by atoms with Crippen molar-refractivity contribution in [1.82, 2.24) is 4.90 Å². The van der Waals surface area contributed by atoms with E-state index >= 15 is 0 Å². The summed E-state index contributed by atoms with van der Waals surface area (Å²) in [6.45, 7) is 9.27. The van der Waals surface area contributed by atoms with Crippen LogP contribution in [0.2, 0.25) is 0 Å². The number of nitrogens with one attached hydrogen (secondary N) is 1. The Morgan fingerprint density at radius 2 is 1.67 bits per heavy atom. The van der Waals surface area contributed by atoms with Gasteiger partial charge in [0.15, 0.2) is 0 Å². The van der Waals surface area contributed by atoms with E-state index in [2.05, 4.69) is 38.2 Å². The predicted molar refractivity (Wildman–Crippen MR) is 134 cm³/mol. The second kappa shape index (κ2) is 9.70. The zero-order valence-electron chi connectivity index (χ0n) is 20.6. The number of hydrogen-bond acceptors (Lipinski definition) is 2. The highest BCUT2D eigenvalue weighted by Crippen LogP contribution is 2.39. The number of carbonyl (C=O) groups excluding carboxylic acids is 2. The third kappa shape index (κ3) is 5.15. The quantitative estimate of drug-likeness (QED) is 0.595. The van der Waals surface area contributed by atoms with E-state index in [1.807, 2.05) is 48.2 Å². The first-order chi connectivity index (χ1) is 15.8. The van der Waals surface area contributed by atoms with Crippen molar-refractivity contribution in [1.29, 1.82) is 0 Å². The van der Waals surface area contributed by atoms with Crippen LogP contribution in [0, 0.1) is 18.8 Å². The number of anilines is 1. The number of likely N-dealkylation sites (tertiary alicyclic amines) is 1. The zero-order chi connectivity index (χ0) is 23.6. The van der Waals surface area contributed by atoms with Gasteiger partial charge in [0, 0.05) is 23.8 Å². The lowest BCUT2D eigenvalue weighted by Gasteiger charge is -2.44. The van der Waals surface area contributed by atoms with E-state index in [1.165, 1.54) is 18.4 Å². The third-order valence-corrected chi connectivity index (χ3v) is 7.54. The van der Waals surface area contributed by atoms with E-state index in [0.717, 1.165) is 49.0 Å². The zero-order valence-corrected chi connectivity index (χ0v) is 20.6. The molecule has 4 nitrogen and oxygen atoms in total. The molecule has 0 unspecified atom stereocenters. The fourth-order valence-corrected chi connectivity index (χ4v) is 5.69. The first kappa shape index (κ1) is 23.5. The van der Waals surface area contributed by atoms with Gasteiger partial charge in [-0.05, 0) is 73.3 Å². The number of benzene rings is 2. The van der Waals surface area contributed by atoms with Crippen molar-refractivity contribution in [3.05, 3.63) is 65.2 Å². The lowest BCUT2D eigenvalue weighted by Crippen LogP contribution is -2.54. The van der Waals surface area contributed by atoms with Crippen LogP contribution in [0.5, 0.6) is 0 Å². The van der Waals surface area contributed by atoms with E-state index in [9.17, 15) is 9.59 Å². The van der Waals surface area contributed by atoms with Crippen LogP contribution in [0.3, 0.4) is 0 Å². The summed E-state index contributed by atoms with van der Waals surface area (Å²) in [5, 5.41) is 3.21. The van der Waals surface area contributed by atoms with Gasteiger partial charge in [0.25, 0.3) is 5.91 Å². The molecule has 0 aromatic heterocycles. The molecule has 0 radical (unpaired) electrons. The van der Waals surface area contributed by atoms with Gasteiger partial charge < -0.3 is 10.2 Å². The third-order valence-electron chi connectivity index (χ3n) is 7.54. The molecule has 1 aliphatic heterocycles. The topological polar surface area (TPSA) is 49.4 Å². The number of rotatable bonds is 4. The highest BCUT2D eigenvalue weighted by molar-refractivity contribution is 5.97. The van der Waals surface area contributed by atoms with Crippen LogP contribution in [-0.2, 0) is 10.2 Å². The molecule has 1 saturated heterocycles. The first-order valence-corrected chi connectivity index (χ1v) is 12.5. The summed E-state index contributed by atoms with van der Waals surface area (Å²) in [7, 11) is 0. The van der Waals surface area contributed by atoms with E-state index in [-0.39, 0.29) is 29.2 Å². The fraction of sp³-hybridized carbons (Fsp3) is 0.517. The highest BCUT2D eigenvalue weighted by Gasteiger charge is 2.43. The lowest BCUT2D eigenvalue weighted by molar-refractivity contribution is -0.124. The molecule has 1 saturated carbocycles. The molecule has 4 rings (SSSR count). The number of carbonyl (C=O) groups is 2. The molecule has 1 N–H and O–H groups in total. The Morgan fingerprint density at radius 3 is 2.36 bits per heavy atom. The Balaban J connectivity index is 1.60. The maximum absolute atomic E-state index is 13.7. The fourth-order valence-electron chi connectivity index (χ4n) is 5.69. The molecule has 2 fully saturated rings. The average Bonchev–Trinajstić information content (AvgIpc) is 3.33. The lowest BCUT2D eigenvalue weighted by atomic mass is 9.79. The minimum absolute atomic E-state index is 0.0225. The molecule has 4 heteroatoms. The maximum Gasteiger partial charge on any atom is 0.254 e. The summed E-state index contributed by atoms with van der Waals surface area (Å²) < 4.78 is 0. The van der Waals surface area contributed by atoms with Crippen molar-refractivity contribution in [2.75, 3.05) is 11.9 Å².